The van der Waals surface area contributed by atoms with Gasteiger partial charge in [0.1, 0.15) is 19.8 Å². The summed E-state index contributed by atoms with van der Waals surface area (Å²) in [7, 11) is 1.49. The van der Waals surface area contributed by atoms with Crippen molar-refractivity contribution in [1.82, 2.24) is 0 Å². The molecule has 0 heterocycles. The van der Waals surface area contributed by atoms with Crippen LogP contribution >= 0.6 is 7.82 Å². The Labute approximate surface area is 656 Å². The summed E-state index contributed by atoms with van der Waals surface area (Å²) in [6.07, 6.45) is 126. The summed E-state index contributed by atoms with van der Waals surface area (Å²) < 4.78 is 34.9. The molecule has 2 atom stereocenters. The standard InChI is InChI=1S/C96H168NO8P/c1-6-8-10-12-14-16-18-20-22-24-26-28-30-32-34-36-38-40-42-44-46-48-50-52-54-56-58-60-62-64-66-68-70-72-74-76-78-80-82-84-86-88-95(98)102-92-94(93-104-106(100,101)103-91-90-97(3,4)5)105-96(99)89-87-85-83-81-79-77-75-73-71-69-67-65-63-61-59-57-55-53-51-49-47-45-43-41-39-37-35-33-31-29-27-25-23-21-19-17-15-13-11-9-7-2/h8-11,14-17,20-23,26-29,32-35,39,41,45,47,94H,6-7,12-13,18-19,24-25,30-31,36-38,40,42-44,46,48-93H2,1-5H3/p+1/b10-8-,11-9-,16-14-,17-15-,22-20-,23-21-,28-26-,29-27-,34-32-,35-33-,41-39-,47-45-. The first-order valence-corrected chi connectivity index (χ1v) is 46.1. The number of ether oxygens (including phenoxy) is 2. The minimum absolute atomic E-state index is 0.0305. The number of unbranched alkanes of at least 4 members (excludes halogenated alkanes) is 44. The van der Waals surface area contributed by atoms with Crippen LogP contribution in [0.15, 0.2) is 146 Å². The fraction of sp³-hybridized carbons (Fsp3) is 0.729. The normalized spacial score (nSPS) is 13.7. The van der Waals surface area contributed by atoms with Gasteiger partial charge in [0.25, 0.3) is 0 Å². The first kappa shape index (κ1) is 102. The van der Waals surface area contributed by atoms with E-state index in [2.05, 4.69) is 160 Å². The molecule has 0 aromatic heterocycles. The Balaban J connectivity index is 3.89. The van der Waals surface area contributed by atoms with Gasteiger partial charge < -0.3 is 18.9 Å². The van der Waals surface area contributed by atoms with Crippen molar-refractivity contribution >= 4 is 19.8 Å². The summed E-state index contributed by atoms with van der Waals surface area (Å²) in [4.78, 5) is 36.1. The van der Waals surface area contributed by atoms with Crippen molar-refractivity contribution in [1.29, 1.82) is 0 Å². The second kappa shape index (κ2) is 84.9. The summed E-state index contributed by atoms with van der Waals surface area (Å²) >= 11 is 0. The van der Waals surface area contributed by atoms with Crippen LogP contribution in [0.4, 0.5) is 0 Å². The van der Waals surface area contributed by atoms with Gasteiger partial charge in [-0.25, -0.2) is 4.57 Å². The number of nitrogens with zero attached hydrogens (tertiary/aromatic N) is 1. The van der Waals surface area contributed by atoms with E-state index in [-0.39, 0.29) is 32.0 Å². The number of phosphoric acid groups is 1. The number of esters is 2. The fourth-order valence-electron chi connectivity index (χ4n) is 12.7. The third-order valence-corrected chi connectivity index (χ3v) is 20.3. The van der Waals surface area contributed by atoms with Crippen LogP contribution < -0.4 is 0 Å². The van der Waals surface area contributed by atoms with E-state index in [9.17, 15) is 19.0 Å². The van der Waals surface area contributed by atoms with Crippen LogP contribution in [0.1, 0.15) is 399 Å². The second-order valence-corrected chi connectivity index (χ2v) is 32.3. The van der Waals surface area contributed by atoms with E-state index < -0.39 is 26.5 Å². The number of quaternary nitrogens is 1. The van der Waals surface area contributed by atoms with E-state index in [1.54, 1.807) is 0 Å². The third kappa shape index (κ3) is 88.8. The topological polar surface area (TPSA) is 108 Å². The average molecular weight is 1500 g/mol. The molecule has 0 bridgehead atoms. The molecule has 610 valence electrons. The maximum Gasteiger partial charge on any atom is 0.472 e. The molecule has 0 aromatic rings. The number of hydrogen-bond donors (Lipinski definition) is 1. The molecule has 0 saturated carbocycles. The van der Waals surface area contributed by atoms with Gasteiger partial charge in [-0.3, -0.25) is 18.6 Å². The number of rotatable bonds is 82. The van der Waals surface area contributed by atoms with Gasteiger partial charge in [-0.05, 0) is 116 Å². The zero-order valence-corrected chi connectivity index (χ0v) is 70.8. The van der Waals surface area contributed by atoms with Gasteiger partial charge in [0, 0.05) is 12.8 Å². The largest absolute Gasteiger partial charge is 0.472 e. The second-order valence-electron chi connectivity index (χ2n) is 30.9. The van der Waals surface area contributed by atoms with Gasteiger partial charge in [-0.15, -0.1) is 0 Å². The van der Waals surface area contributed by atoms with Crippen LogP contribution in [-0.4, -0.2) is 74.9 Å². The van der Waals surface area contributed by atoms with E-state index in [4.69, 9.17) is 18.5 Å². The highest BCUT2D eigenvalue weighted by Gasteiger charge is 2.27. The Kier molecular flexibility index (Phi) is 81.6. The van der Waals surface area contributed by atoms with Crippen molar-refractivity contribution < 1.29 is 42.1 Å². The Morgan fingerprint density at radius 3 is 0.755 bits per heavy atom. The first-order valence-electron chi connectivity index (χ1n) is 44.6. The molecule has 9 nitrogen and oxygen atoms in total. The monoisotopic (exact) mass is 1500 g/mol. The predicted molar refractivity (Wildman–Crippen MR) is 464 cm³/mol. The van der Waals surface area contributed by atoms with Crippen LogP contribution in [0.25, 0.3) is 0 Å². The molecular formula is C96H169NO8P+. The van der Waals surface area contributed by atoms with Crippen molar-refractivity contribution in [2.24, 2.45) is 0 Å². The molecule has 0 aromatic carbocycles. The number of allylic oxidation sites excluding steroid dienone is 24. The minimum atomic E-state index is -4.40. The lowest BCUT2D eigenvalue weighted by atomic mass is 10.0. The molecular weight excluding hydrogens is 1330 g/mol. The van der Waals surface area contributed by atoms with Crippen LogP contribution in [-0.2, 0) is 32.7 Å². The SMILES string of the molecule is CC/C=C\C/C=C\C/C=C\C/C=C\C/C=C\C/C=C\C/C=C\CCCCCCCCCCCCCCCCCCCCCC(=O)OC(COC(=O)CCCCCCCCCCCCCCCCCCCCCCCCCCC/C=C\C/C=C\C/C=C\C/C=C\C/C=C\CC)COP(=O)(O)OCC[N+](C)(C)C. The van der Waals surface area contributed by atoms with Crippen molar-refractivity contribution in [3.8, 4) is 0 Å². The first-order chi connectivity index (χ1) is 52.0. The molecule has 0 spiro atoms. The summed E-state index contributed by atoms with van der Waals surface area (Å²) in [6.45, 7) is 4.25. The predicted octanol–water partition coefficient (Wildman–Crippen LogP) is 30.4. The maximum absolute atomic E-state index is 13.0. The van der Waals surface area contributed by atoms with Gasteiger partial charge in [0.05, 0.1) is 27.7 Å². The highest BCUT2D eigenvalue weighted by molar-refractivity contribution is 7.47. The van der Waals surface area contributed by atoms with Gasteiger partial charge in [0.2, 0.25) is 0 Å². The van der Waals surface area contributed by atoms with E-state index in [1.807, 2.05) is 21.1 Å². The quantitative estimate of drug-likeness (QED) is 0.0211. The highest BCUT2D eigenvalue weighted by Crippen LogP contribution is 2.43. The molecule has 1 N–H and O–H groups in total. The van der Waals surface area contributed by atoms with Crippen LogP contribution in [0.3, 0.4) is 0 Å². The van der Waals surface area contributed by atoms with Crippen LogP contribution in [0.5, 0.6) is 0 Å². The molecule has 0 amide bonds. The molecule has 0 fully saturated rings. The smallest absolute Gasteiger partial charge is 0.462 e. The summed E-state index contributed by atoms with van der Waals surface area (Å²) in [5, 5.41) is 0. The van der Waals surface area contributed by atoms with Gasteiger partial charge >= 0.3 is 19.8 Å². The number of phosphoric ester groups is 1. The van der Waals surface area contributed by atoms with Crippen LogP contribution in [0, 0.1) is 0 Å². The van der Waals surface area contributed by atoms with Gasteiger partial charge in [-0.2, -0.15) is 0 Å². The van der Waals surface area contributed by atoms with Gasteiger partial charge in [-0.1, -0.05) is 417 Å². The third-order valence-electron chi connectivity index (χ3n) is 19.4. The summed E-state index contributed by atoms with van der Waals surface area (Å²) in [5.41, 5.74) is 0. The lowest BCUT2D eigenvalue weighted by Gasteiger charge is -2.24. The molecule has 0 aliphatic carbocycles. The van der Waals surface area contributed by atoms with E-state index in [1.165, 1.54) is 257 Å². The molecule has 10 heteroatoms. The van der Waals surface area contributed by atoms with Crippen molar-refractivity contribution in [3.05, 3.63) is 146 Å². The molecule has 0 aliphatic heterocycles. The van der Waals surface area contributed by atoms with Crippen molar-refractivity contribution in [2.75, 3.05) is 47.5 Å². The van der Waals surface area contributed by atoms with Crippen molar-refractivity contribution in [3.63, 3.8) is 0 Å². The lowest BCUT2D eigenvalue weighted by molar-refractivity contribution is -0.870. The van der Waals surface area contributed by atoms with E-state index in [0.717, 1.165) is 109 Å². The number of likely N-dealkylation sites (N-methyl/N-ethyl adjacent to an activating group) is 1. The van der Waals surface area contributed by atoms with Gasteiger partial charge in [0.15, 0.2) is 6.10 Å². The number of carbonyl (C=O) groups is 2. The number of hydrogen-bond acceptors (Lipinski definition) is 7. The zero-order valence-electron chi connectivity index (χ0n) is 69.9. The molecule has 0 radical (unpaired) electrons. The number of carbonyl (C=O) groups excluding carboxylic acids is 2. The Morgan fingerprint density at radius 1 is 0.292 bits per heavy atom. The van der Waals surface area contributed by atoms with E-state index in [0.29, 0.717) is 17.4 Å². The van der Waals surface area contributed by atoms with E-state index >= 15 is 0 Å². The Morgan fingerprint density at radius 2 is 0.509 bits per heavy atom. The zero-order chi connectivity index (χ0) is 76.8. The Bertz CT molecular complexity index is 2310. The molecule has 106 heavy (non-hydrogen) atoms. The summed E-state index contributed by atoms with van der Waals surface area (Å²) in [6, 6.07) is 0. The van der Waals surface area contributed by atoms with Crippen molar-refractivity contribution in [2.45, 2.75) is 405 Å². The molecule has 2 unspecified atom stereocenters. The minimum Gasteiger partial charge on any atom is -0.462 e. The molecule has 0 rings (SSSR count). The highest BCUT2D eigenvalue weighted by atomic mass is 31.2. The van der Waals surface area contributed by atoms with Crippen LogP contribution in [0.2, 0.25) is 0 Å². The molecule has 0 aliphatic rings. The molecule has 0 saturated heterocycles. The average Bonchev–Trinajstić information content (AvgIpc) is 0.908. The summed E-state index contributed by atoms with van der Waals surface area (Å²) in [5.74, 6) is -0.780. The maximum atomic E-state index is 13.0. The Hall–Kier alpha value is -4.11. The fourth-order valence-corrected chi connectivity index (χ4v) is 13.4. The lowest BCUT2D eigenvalue weighted by Crippen LogP contribution is -2.37.